The number of carbonyl (C=O) groups excluding carboxylic acids is 1. The first-order chi connectivity index (χ1) is 16.3. The number of amides is 1. The summed E-state index contributed by atoms with van der Waals surface area (Å²) in [5.74, 6) is -1.23. The van der Waals surface area contributed by atoms with Crippen molar-refractivity contribution in [3.8, 4) is 5.75 Å². The molecule has 10 heteroatoms. The van der Waals surface area contributed by atoms with E-state index >= 15 is 0 Å². The number of halogens is 3. The molecule has 0 spiro atoms. The molecule has 1 fully saturated rings. The van der Waals surface area contributed by atoms with Crippen molar-refractivity contribution in [2.75, 3.05) is 0 Å². The zero-order valence-corrected chi connectivity index (χ0v) is 20.2. The summed E-state index contributed by atoms with van der Waals surface area (Å²) in [7, 11) is 0. The first-order valence-corrected chi connectivity index (χ1v) is 11.9. The Morgan fingerprint density at radius 1 is 1.14 bits per heavy atom. The second kappa shape index (κ2) is 9.14. The van der Waals surface area contributed by atoms with Crippen molar-refractivity contribution in [3.63, 3.8) is 0 Å². The minimum Gasteiger partial charge on any atom is -0.486 e. The highest BCUT2D eigenvalue weighted by Crippen LogP contribution is 2.45. The third kappa shape index (κ3) is 5.58. The molecule has 1 aliphatic rings. The van der Waals surface area contributed by atoms with Crippen LogP contribution in [0.4, 0.5) is 13.2 Å². The van der Waals surface area contributed by atoms with Crippen molar-refractivity contribution in [1.82, 2.24) is 10.3 Å². The lowest BCUT2D eigenvalue weighted by molar-refractivity contribution is -0.142. The summed E-state index contributed by atoms with van der Waals surface area (Å²) in [6.45, 7) is 5.04. The maximum atomic E-state index is 13.2. The van der Waals surface area contributed by atoms with Crippen molar-refractivity contribution in [1.29, 1.82) is 0 Å². The molecule has 0 bridgehead atoms. The molecule has 3 aromatic rings. The van der Waals surface area contributed by atoms with Crippen LogP contribution in [0, 0.1) is 5.41 Å². The zero-order valence-electron chi connectivity index (χ0n) is 19.4. The van der Waals surface area contributed by atoms with Crippen molar-refractivity contribution in [2.24, 2.45) is 5.41 Å². The van der Waals surface area contributed by atoms with Crippen molar-refractivity contribution in [3.05, 3.63) is 58.1 Å². The van der Waals surface area contributed by atoms with E-state index in [2.05, 4.69) is 10.3 Å². The average molecular weight is 507 g/mol. The Morgan fingerprint density at radius 2 is 1.80 bits per heavy atom. The SMILES string of the molecule is CC(C)(C)[C@H](NC(=O)c1ccc2sc(C3CC3)nc2c1OCc1ccc(C(F)(F)F)cc1)C(=O)O. The fourth-order valence-corrected chi connectivity index (χ4v) is 4.76. The normalized spacial score (nSPS) is 15.1. The highest BCUT2D eigenvalue weighted by Gasteiger charge is 2.34. The number of carbonyl (C=O) groups is 2. The van der Waals surface area contributed by atoms with E-state index in [1.54, 1.807) is 32.9 Å². The van der Waals surface area contributed by atoms with Crippen LogP contribution in [-0.2, 0) is 17.6 Å². The number of hydrogen-bond donors (Lipinski definition) is 2. The maximum Gasteiger partial charge on any atom is 0.416 e. The number of benzene rings is 2. The van der Waals surface area contributed by atoms with Gasteiger partial charge in [-0.3, -0.25) is 4.79 Å². The molecule has 1 aromatic heterocycles. The van der Waals surface area contributed by atoms with Gasteiger partial charge in [0.15, 0.2) is 5.75 Å². The highest BCUT2D eigenvalue weighted by molar-refractivity contribution is 7.18. The lowest BCUT2D eigenvalue weighted by Gasteiger charge is -2.28. The van der Waals surface area contributed by atoms with Gasteiger partial charge in [-0.2, -0.15) is 13.2 Å². The summed E-state index contributed by atoms with van der Waals surface area (Å²) in [4.78, 5) is 29.6. The van der Waals surface area contributed by atoms with E-state index < -0.39 is 35.1 Å². The molecule has 1 atom stereocenters. The Morgan fingerprint density at radius 3 is 2.34 bits per heavy atom. The van der Waals surface area contributed by atoms with Crippen LogP contribution in [0.1, 0.15) is 66.0 Å². The van der Waals surface area contributed by atoms with E-state index in [9.17, 15) is 27.9 Å². The van der Waals surface area contributed by atoms with Crippen LogP contribution >= 0.6 is 11.3 Å². The molecule has 186 valence electrons. The lowest BCUT2D eigenvalue weighted by atomic mass is 9.86. The number of aromatic nitrogens is 1. The summed E-state index contributed by atoms with van der Waals surface area (Å²) in [6.07, 6.45) is -2.36. The largest absolute Gasteiger partial charge is 0.486 e. The van der Waals surface area contributed by atoms with Crippen LogP contribution < -0.4 is 10.1 Å². The highest BCUT2D eigenvalue weighted by atomic mass is 32.1. The summed E-state index contributed by atoms with van der Waals surface area (Å²) in [5.41, 5.74) is -0.422. The number of rotatable bonds is 7. The first kappa shape index (κ1) is 25.0. The molecule has 0 saturated heterocycles. The van der Waals surface area contributed by atoms with E-state index in [0.29, 0.717) is 17.0 Å². The molecule has 1 aliphatic carbocycles. The standard InChI is InChI=1S/C25H25F3N2O4S/c1-24(2,3)20(23(32)33)30-21(31)16-10-11-17-18(29-22(35-17)14-6-7-14)19(16)34-12-13-4-8-15(9-5-13)25(26,27)28/h4-5,8-11,14,20H,6-7,12H2,1-3H3,(H,30,31)(H,32,33)/t20-/m1/s1. The van der Waals surface area contributed by atoms with Crippen LogP contribution in [0.3, 0.4) is 0 Å². The number of hydrogen-bond acceptors (Lipinski definition) is 5. The van der Waals surface area contributed by atoms with Crippen LogP contribution in [0.15, 0.2) is 36.4 Å². The van der Waals surface area contributed by atoms with Crippen LogP contribution in [-0.4, -0.2) is 28.0 Å². The molecule has 0 aliphatic heterocycles. The van der Waals surface area contributed by atoms with Crippen LogP contribution in [0.2, 0.25) is 0 Å². The number of aliphatic carboxylic acids is 1. The second-order valence-corrected chi connectivity index (χ2v) is 10.8. The van der Waals surface area contributed by atoms with E-state index in [4.69, 9.17) is 4.74 Å². The minimum atomic E-state index is -4.44. The van der Waals surface area contributed by atoms with Gasteiger partial charge in [0.05, 0.1) is 20.8 Å². The zero-order chi connectivity index (χ0) is 25.5. The predicted molar refractivity (Wildman–Crippen MR) is 126 cm³/mol. The number of thiazole rings is 1. The van der Waals surface area contributed by atoms with Crippen molar-refractivity contribution in [2.45, 2.75) is 58.4 Å². The monoisotopic (exact) mass is 506 g/mol. The number of carboxylic acid groups (broad SMARTS) is 1. The Hall–Kier alpha value is -3.14. The van der Waals surface area contributed by atoms with Gasteiger partial charge in [0.2, 0.25) is 0 Å². The Bertz CT molecular complexity index is 1260. The molecule has 2 N–H and O–H groups in total. The topological polar surface area (TPSA) is 88.5 Å². The molecule has 2 aromatic carbocycles. The average Bonchev–Trinajstić information content (AvgIpc) is 3.52. The number of nitrogens with zero attached hydrogens (tertiary/aromatic N) is 1. The Kier molecular flexibility index (Phi) is 6.52. The first-order valence-electron chi connectivity index (χ1n) is 11.1. The second-order valence-electron chi connectivity index (χ2n) is 9.71. The van der Waals surface area contributed by atoms with Crippen molar-refractivity contribution >= 4 is 33.4 Å². The van der Waals surface area contributed by atoms with E-state index in [0.717, 1.165) is 34.7 Å². The van der Waals surface area contributed by atoms with Gasteiger partial charge in [0, 0.05) is 5.92 Å². The lowest BCUT2D eigenvalue weighted by Crippen LogP contribution is -2.49. The van der Waals surface area contributed by atoms with Gasteiger partial charge in [0.25, 0.3) is 5.91 Å². The third-order valence-electron chi connectivity index (χ3n) is 5.76. The summed E-state index contributed by atoms with van der Waals surface area (Å²) >= 11 is 1.51. The van der Waals surface area contributed by atoms with Crippen LogP contribution in [0.25, 0.3) is 10.2 Å². The van der Waals surface area contributed by atoms with Gasteiger partial charge < -0.3 is 15.2 Å². The van der Waals surface area contributed by atoms with E-state index in [-0.39, 0.29) is 17.9 Å². The fourth-order valence-electron chi connectivity index (χ4n) is 3.62. The quantitative estimate of drug-likeness (QED) is 0.410. The minimum absolute atomic E-state index is 0.0878. The van der Waals surface area contributed by atoms with E-state index in [1.807, 2.05) is 0 Å². The number of nitrogens with one attached hydrogen (secondary N) is 1. The number of alkyl halides is 3. The predicted octanol–water partition coefficient (Wildman–Crippen LogP) is 6.00. The van der Waals surface area contributed by atoms with Gasteiger partial charge in [-0.05, 0) is 48.1 Å². The number of ether oxygens (including phenoxy) is 1. The van der Waals surface area contributed by atoms with Gasteiger partial charge in [-0.25, -0.2) is 9.78 Å². The van der Waals surface area contributed by atoms with Gasteiger partial charge in [-0.1, -0.05) is 32.9 Å². The molecule has 35 heavy (non-hydrogen) atoms. The maximum absolute atomic E-state index is 13.2. The van der Waals surface area contributed by atoms with Gasteiger partial charge in [0.1, 0.15) is 18.2 Å². The Balaban J connectivity index is 1.67. The molecule has 1 saturated carbocycles. The summed E-state index contributed by atoms with van der Waals surface area (Å²) in [6, 6.07) is 6.76. The van der Waals surface area contributed by atoms with Gasteiger partial charge >= 0.3 is 12.1 Å². The molecule has 0 radical (unpaired) electrons. The van der Waals surface area contributed by atoms with E-state index in [1.165, 1.54) is 23.5 Å². The third-order valence-corrected chi connectivity index (χ3v) is 6.94. The van der Waals surface area contributed by atoms with Gasteiger partial charge in [-0.15, -0.1) is 11.3 Å². The van der Waals surface area contributed by atoms with Crippen LogP contribution in [0.5, 0.6) is 5.75 Å². The smallest absolute Gasteiger partial charge is 0.416 e. The molecule has 4 rings (SSSR count). The summed E-state index contributed by atoms with van der Waals surface area (Å²) < 4.78 is 45.4. The molecule has 6 nitrogen and oxygen atoms in total. The summed E-state index contributed by atoms with van der Waals surface area (Å²) in [5, 5.41) is 13.1. The molecule has 1 heterocycles. The number of fused-ring (bicyclic) bond motifs is 1. The molecular weight excluding hydrogens is 481 g/mol. The fraction of sp³-hybridized carbons (Fsp3) is 0.400. The Labute approximate surface area is 204 Å². The number of carboxylic acids is 1. The molecular formula is C25H25F3N2O4S. The molecule has 1 amide bonds. The molecule has 0 unspecified atom stereocenters. The van der Waals surface area contributed by atoms with Crippen molar-refractivity contribution < 1.29 is 32.6 Å².